The average Bonchev–Trinajstić information content (AvgIpc) is 2.99. The molecular formula is C20H15BrFN3. The number of halogens is 2. The SMILES string of the molecule is Fc1ccc(-c2nc3ccc(Br)cn3c2NCc2ccccc2)cc1. The summed E-state index contributed by atoms with van der Waals surface area (Å²) in [6, 6.07) is 20.5. The summed E-state index contributed by atoms with van der Waals surface area (Å²) >= 11 is 3.51. The van der Waals surface area contributed by atoms with E-state index in [1.54, 1.807) is 12.1 Å². The van der Waals surface area contributed by atoms with Gasteiger partial charge in [0.1, 0.15) is 23.0 Å². The van der Waals surface area contributed by atoms with Crippen LogP contribution in [0.1, 0.15) is 5.56 Å². The van der Waals surface area contributed by atoms with Gasteiger partial charge in [0.25, 0.3) is 0 Å². The van der Waals surface area contributed by atoms with E-state index in [0.29, 0.717) is 6.54 Å². The Kier molecular flexibility index (Phi) is 4.24. The summed E-state index contributed by atoms with van der Waals surface area (Å²) in [7, 11) is 0. The number of fused-ring (bicyclic) bond motifs is 1. The fourth-order valence-corrected chi connectivity index (χ4v) is 3.12. The molecule has 4 aromatic rings. The molecule has 0 spiro atoms. The van der Waals surface area contributed by atoms with Crippen LogP contribution in [0.5, 0.6) is 0 Å². The van der Waals surface area contributed by atoms with E-state index < -0.39 is 0 Å². The summed E-state index contributed by atoms with van der Waals surface area (Å²) in [5, 5.41) is 3.48. The van der Waals surface area contributed by atoms with Gasteiger partial charge in [-0.2, -0.15) is 0 Å². The largest absolute Gasteiger partial charge is 0.365 e. The lowest BCUT2D eigenvalue weighted by atomic mass is 10.1. The van der Waals surface area contributed by atoms with E-state index >= 15 is 0 Å². The van der Waals surface area contributed by atoms with Crippen molar-refractivity contribution in [2.45, 2.75) is 6.54 Å². The second kappa shape index (κ2) is 6.69. The Morgan fingerprint density at radius 3 is 2.48 bits per heavy atom. The third kappa shape index (κ3) is 3.28. The van der Waals surface area contributed by atoms with Crippen molar-refractivity contribution in [1.29, 1.82) is 0 Å². The number of nitrogens with zero attached hydrogens (tertiary/aromatic N) is 2. The Bertz CT molecular complexity index is 1010. The molecule has 0 bridgehead atoms. The van der Waals surface area contributed by atoms with Gasteiger partial charge in [0.2, 0.25) is 0 Å². The van der Waals surface area contributed by atoms with Crippen LogP contribution in [-0.2, 0) is 6.54 Å². The summed E-state index contributed by atoms with van der Waals surface area (Å²) < 4.78 is 16.3. The van der Waals surface area contributed by atoms with Crippen molar-refractivity contribution in [3.8, 4) is 11.3 Å². The smallest absolute Gasteiger partial charge is 0.139 e. The third-order valence-corrected chi connectivity index (χ3v) is 4.47. The lowest BCUT2D eigenvalue weighted by Crippen LogP contribution is -2.03. The van der Waals surface area contributed by atoms with Crippen molar-refractivity contribution in [2.75, 3.05) is 5.32 Å². The molecule has 2 aromatic carbocycles. The highest BCUT2D eigenvalue weighted by atomic mass is 79.9. The number of rotatable bonds is 4. The van der Waals surface area contributed by atoms with E-state index in [1.807, 2.05) is 40.9 Å². The first-order chi connectivity index (χ1) is 12.2. The van der Waals surface area contributed by atoms with E-state index in [2.05, 4.69) is 33.4 Å². The molecule has 1 N–H and O–H groups in total. The van der Waals surface area contributed by atoms with Gasteiger partial charge in [0.15, 0.2) is 0 Å². The number of aromatic nitrogens is 2. The first kappa shape index (κ1) is 15.8. The molecule has 0 amide bonds. The highest BCUT2D eigenvalue weighted by Crippen LogP contribution is 2.30. The predicted octanol–water partition coefficient (Wildman–Crippen LogP) is 5.52. The summed E-state index contributed by atoms with van der Waals surface area (Å²) in [4.78, 5) is 4.72. The van der Waals surface area contributed by atoms with Crippen molar-refractivity contribution >= 4 is 27.4 Å². The second-order valence-electron chi connectivity index (χ2n) is 5.73. The molecule has 0 saturated carbocycles. The van der Waals surface area contributed by atoms with Crippen LogP contribution in [0.25, 0.3) is 16.9 Å². The van der Waals surface area contributed by atoms with Crippen LogP contribution >= 0.6 is 15.9 Å². The molecule has 0 aliphatic carbocycles. The van der Waals surface area contributed by atoms with Gasteiger partial charge in [-0.3, -0.25) is 4.40 Å². The molecular weight excluding hydrogens is 381 g/mol. The van der Waals surface area contributed by atoms with Gasteiger partial charge in [-0.25, -0.2) is 9.37 Å². The molecule has 0 aliphatic heterocycles. The number of anilines is 1. The molecule has 2 heterocycles. The zero-order chi connectivity index (χ0) is 17.2. The van der Waals surface area contributed by atoms with Crippen molar-refractivity contribution in [1.82, 2.24) is 9.38 Å². The molecule has 3 nitrogen and oxygen atoms in total. The highest BCUT2D eigenvalue weighted by Gasteiger charge is 2.14. The van der Waals surface area contributed by atoms with Crippen molar-refractivity contribution < 1.29 is 4.39 Å². The Labute approximate surface area is 153 Å². The summed E-state index contributed by atoms with van der Waals surface area (Å²) in [6.07, 6.45) is 1.97. The van der Waals surface area contributed by atoms with Gasteiger partial charge >= 0.3 is 0 Å². The van der Waals surface area contributed by atoms with Crippen LogP contribution in [0.3, 0.4) is 0 Å². The lowest BCUT2D eigenvalue weighted by Gasteiger charge is -2.09. The number of hydrogen-bond acceptors (Lipinski definition) is 2. The van der Waals surface area contributed by atoms with Gasteiger partial charge < -0.3 is 5.32 Å². The van der Waals surface area contributed by atoms with Crippen LogP contribution in [-0.4, -0.2) is 9.38 Å². The maximum absolute atomic E-state index is 13.3. The van der Waals surface area contributed by atoms with Crippen LogP contribution in [0.2, 0.25) is 0 Å². The van der Waals surface area contributed by atoms with Crippen molar-refractivity contribution in [2.24, 2.45) is 0 Å². The minimum atomic E-state index is -0.256. The minimum Gasteiger partial charge on any atom is -0.365 e. The molecule has 4 rings (SSSR count). The first-order valence-electron chi connectivity index (χ1n) is 7.92. The Hall–Kier alpha value is -2.66. The van der Waals surface area contributed by atoms with E-state index in [-0.39, 0.29) is 5.82 Å². The van der Waals surface area contributed by atoms with Gasteiger partial charge in [0, 0.05) is 22.8 Å². The predicted molar refractivity (Wildman–Crippen MR) is 102 cm³/mol. The Morgan fingerprint density at radius 1 is 0.960 bits per heavy atom. The maximum Gasteiger partial charge on any atom is 0.139 e. The van der Waals surface area contributed by atoms with Crippen LogP contribution < -0.4 is 5.32 Å². The van der Waals surface area contributed by atoms with Gasteiger partial charge in [-0.15, -0.1) is 0 Å². The number of hydrogen-bond donors (Lipinski definition) is 1. The number of pyridine rings is 1. The molecule has 25 heavy (non-hydrogen) atoms. The summed E-state index contributed by atoms with van der Waals surface area (Å²) in [6.45, 7) is 0.676. The minimum absolute atomic E-state index is 0.256. The fourth-order valence-electron chi connectivity index (χ4n) is 2.78. The molecule has 0 radical (unpaired) electrons. The molecule has 124 valence electrons. The maximum atomic E-state index is 13.3. The molecule has 0 aliphatic rings. The van der Waals surface area contributed by atoms with Crippen LogP contribution in [0.15, 0.2) is 77.4 Å². The molecule has 0 atom stereocenters. The molecule has 0 saturated heterocycles. The van der Waals surface area contributed by atoms with E-state index in [4.69, 9.17) is 4.98 Å². The molecule has 0 unspecified atom stereocenters. The molecule has 5 heteroatoms. The zero-order valence-corrected chi connectivity index (χ0v) is 14.9. The standard InChI is InChI=1S/C20H15BrFN3/c21-16-8-11-18-24-19(15-6-9-17(22)10-7-15)20(25(18)13-16)23-12-14-4-2-1-3-5-14/h1-11,13,23H,12H2. The van der Waals surface area contributed by atoms with Crippen LogP contribution in [0.4, 0.5) is 10.2 Å². The van der Waals surface area contributed by atoms with Gasteiger partial charge in [-0.1, -0.05) is 30.3 Å². The first-order valence-corrected chi connectivity index (χ1v) is 8.71. The van der Waals surface area contributed by atoms with E-state index in [0.717, 1.165) is 27.2 Å². The van der Waals surface area contributed by atoms with Gasteiger partial charge in [0.05, 0.1) is 0 Å². The fraction of sp³-hybridized carbons (Fsp3) is 0.0500. The second-order valence-corrected chi connectivity index (χ2v) is 6.65. The number of nitrogens with one attached hydrogen (secondary N) is 1. The molecule has 2 aromatic heterocycles. The summed E-state index contributed by atoms with van der Waals surface area (Å²) in [5.74, 6) is 0.626. The monoisotopic (exact) mass is 395 g/mol. The summed E-state index contributed by atoms with van der Waals surface area (Å²) in [5.41, 5.74) is 3.68. The normalized spacial score (nSPS) is 11.0. The topological polar surface area (TPSA) is 29.3 Å². The quantitative estimate of drug-likeness (QED) is 0.493. The number of benzene rings is 2. The number of imidazole rings is 1. The van der Waals surface area contributed by atoms with Gasteiger partial charge in [-0.05, 0) is 57.9 Å². The zero-order valence-electron chi connectivity index (χ0n) is 13.3. The Balaban J connectivity index is 1.79. The molecule has 0 fully saturated rings. The van der Waals surface area contributed by atoms with Crippen LogP contribution in [0, 0.1) is 5.82 Å². The average molecular weight is 396 g/mol. The Morgan fingerprint density at radius 2 is 1.72 bits per heavy atom. The van der Waals surface area contributed by atoms with Crippen molar-refractivity contribution in [3.05, 3.63) is 88.8 Å². The van der Waals surface area contributed by atoms with Crippen molar-refractivity contribution in [3.63, 3.8) is 0 Å². The third-order valence-electron chi connectivity index (χ3n) is 4.00. The van der Waals surface area contributed by atoms with E-state index in [9.17, 15) is 4.39 Å². The van der Waals surface area contributed by atoms with E-state index in [1.165, 1.54) is 17.7 Å². The highest BCUT2D eigenvalue weighted by molar-refractivity contribution is 9.10. The lowest BCUT2D eigenvalue weighted by molar-refractivity contribution is 0.628.